The number of hydrogen-bond donors (Lipinski definition) is 0. The number of carbonyl (C=O) groups is 6. The monoisotopic (exact) mass is 708 g/mol. The zero-order valence-corrected chi connectivity index (χ0v) is 28.8. The minimum atomic E-state index is -1.30. The Morgan fingerprint density at radius 3 is 0.761 bits per heavy atom. The van der Waals surface area contributed by atoms with Crippen molar-refractivity contribution < 1.29 is 75.4 Å². The van der Waals surface area contributed by atoms with Crippen molar-refractivity contribution in [3.63, 3.8) is 0 Å². The maximum Gasteiger partial charge on any atom is 4.00 e. The molecule has 11 heteroatoms. The van der Waals surface area contributed by atoms with Crippen molar-refractivity contribution in [2.75, 3.05) is 6.61 Å². The van der Waals surface area contributed by atoms with E-state index in [9.17, 15) is 44.1 Å². The molecule has 0 spiro atoms. The molecule has 0 aromatic heterocycles. The number of carboxylic acids is 3. The molecule has 0 N–H and O–H groups in total. The molecule has 3 unspecified atom stereocenters. The first-order valence-electron chi connectivity index (χ1n) is 14.4. The maximum atomic E-state index is 11.6. The van der Waals surface area contributed by atoms with Crippen LogP contribution in [0.5, 0.6) is 0 Å². The molecule has 0 saturated heterocycles. The quantitative estimate of drug-likeness (QED) is 0.195. The number of ketones is 3. The van der Waals surface area contributed by atoms with Crippen LogP contribution in [-0.2, 0) is 40.6 Å². The van der Waals surface area contributed by atoms with Gasteiger partial charge in [0.1, 0.15) is 0 Å². The Morgan fingerprint density at radius 2 is 0.630 bits per heavy atom. The second kappa shape index (κ2) is 25.2. The van der Waals surface area contributed by atoms with Gasteiger partial charge in [0.25, 0.3) is 0 Å². The van der Waals surface area contributed by atoms with Crippen LogP contribution >= 0.6 is 0 Å². The first-order valence-corrected chi connectivity index (χ1v) is 14.4. The molecule has 0 heterocycles. The van der Waals surface area contributed by atoms with Crippen LogP contribution in [0.4, 0.5) is 0 Å². The maximum absolute atomic E-state index is 11.6. The Hall–Kier alpha value is -4.08. The summed E-state index contributed by atoms with van der Waals surface area (Å²) in [6, 6.07) is 25.2. The minimum absolute atomic E-state index is 0. The number of rotatable bonds is 12. The Labute approximate surface area is 288 Å². The van der Waals surface area contributed by atoms with Crippen molar-refractivity contribution in [3.8, 4) is 0 Å². The molecule has 3 rings (SSSR count). The van der Waals surface area contributed by atoms with E-state index in [1.807, 2.05) is 0 Å². The molecule has 0 radical (unpaired) electrons. The fourth-order valence-corrected chi connectivity index (χ4v) is 3.79. The number of aliphatic carboxylic acids is 3. The molecular formula is C35H38O10Zr. The molecule has 0 aliphatic rings. The SMILES string of the molecule is CCC(C(=O)[O-])C(=O)c1ccccc1.CCC(C(=O)[O-])C(=O)c1ccccc1.CCC(C(=O)[O-])C(=O)c1ccccc1.CC[O-].[Zr+4]. The van der Waals surface area contributed by atoms with Crippen LogP contribution in [-0.4, -0.2) is 41.9 Å². The van der Waals surface area contributed by atoms with E-state index >= 15 is 0 Å². The molecule has 0 saturated carbocycles. The summed E-state index contributed by atoms with van der Waals surface area (Å²) >= 11 is 0. The van der Waals surface area contributed by atoms with Gasteiger partial charge < -0.3 is 34.8 Å². The summed E-state index contributed by atoms with van der Waals surface area (Å²) in [6.45, 7) is 6.53. The predicted molar refractivity (Wildman–Crippen MR) is 159 cm³/mol. The molecule has 0 bridgehead atoms. The van der Waals surface area contributed by atoms with Gasteiger partial charge in [0.2, 0.25) is 0 Å². The van der Waals surface area contributed by atoms with Crippen LogP contribution in [0.15, 0.2) is 91.0 Å². The third-order valence-corrected chi connectivity index (χ3v) is 6.20. The molecule has 3 aromatic carbocycles. The van der Waals surface area contributed by atoms with Crippen molar-refractivity contribution >= 4 is 35.3 Å². The van der Waals surface area contributed by atoms with Crippen LogP contribution in [0.1, 0.15) is 78.0 Å². The number of carboxylic acid groups (broad SMARTS) is 3. The van der Waals surface area contributed by atoms with E-state index in [4.69, 9.17) is 5.11 Å². The van der Waals surface area contributed by atoms with Gasteiger partial charge in [0.05, 0.1) is 35.7 Å². The van der Waals surface area contributed by atoms with Gasteiger partial charge >= 0.3 is 26.2 Å². The van der Waals surface area contributed by atoms with E-state index in [0.717, 1.165) is 0 Å². The molecule has 0 aliphatic carbocycles. The molecule has 0 fully saturated rings. The van der Waals surface area contributed by atoms with Crippen molar-refractivity contribution in [1.29, 1.82) is 0 Å². The van der Waals surface area contributed by atoms with Crippen molar-refractivity contribution in [3.05, 3.63) is 108 Å². The average molecular weight is 710 g/mol. The normalized spacial score (nSPS) is 11.4. The first kappa shape index (κ1) is 44.0. The van der Waals surface area contributed by atoms with Crippen LogP contribution in [0.25, 0.3) is 0 Å². The summed E-state index contributed by atoms with van der Waals surface area (Å²) < 4.78 is 0. The van der Waals surface area contributed by atoms with Gasteiger partial charge in [-0.3, -0.25) is 14.4 Å². The molecule has 242 valence electrons. The van der Waals surface area contributed by atoms with Gasteiger partial charge in [-0.2, -0.15) is 0 Å². The molecule has 3 aromatic rings. The zero-order valence-electron chi connectivity index (χ0n) is 26.3. The van der Waals surface area contributed by atoms with Gasteiger partial charge in [-0.25, -0.2) is 0 Å². The summed E-state index contributed by atoms with van der Waals surface area (Å²) in [5.74, 6) is -8.15. The van der Waals surface area contributed by atoms with E-state index in [1.165, 1.54) is 0 Å². The number of hydrogen-bond acceptors (Lipinski definition) is 10. The van der Waals surface area contributed by atoms with Gasteiger partial charge in [0.15, 0.2) is 17.3 Å². The third kappa shape index (κ3) is 15.8. The van der Waals surface area contributed by atoms with E-state index in [-0.39, 0.29) is 69.4 Å². The average Bonchev–Trinajstić information content (AvgIpc) is 3.03. The summed E-state index contributed by atoms with van der Waals surface area (Å²) in [5.41, 5.74) is 1.26. The molecule has 3 atom stereocenters. The Balaban J connectivity index is 0. The number of benzene rings is 3. The Morgan fingerprint density at radius 1 is 0.457 bits per heavy atom. The molecule has 0 aliphatic heterocycles. The Kier molecular flexibility index (Phi) is 24.1. The van der Waals surface area contributed by atoms with E-state index in [2.05, 4.69) is 0 Å². The fourth-order valence-electron chi connectivity index (χ4n) is 3.79. The van der Waals surface area contributed by atoms with Gasteiger partial charge in [-0.15, -0.1) is 6.61 Å². The molecule has 0 amide bonds. The fraction of sp³-hybridized carbons (Fsp3) is 0.314. The van der Waals surface area contributed by atoms with Crippen molar-refractivity contribution in [2.24, 2.45) is 17.8 Å². The predicted octanol–water partition coefficient (Wildman–Crippen LogP) is 1.30. The third-order valence-electron chi connectivity index (χ3n) is 6.20. The van der Waals surface area contributed by atoms with E-state index in [0.29, 0.717) is 16.7 Å². The summed E-state index contributed by atoms with van der Waals surface area (Å²) in [4.78, 5) is 66.6. The smallest absolute Gasteiger partial charge is 0.855 e. The summed E-state index contributed by atoms with van der Waals surface area (Å²) in [7, 11) is 0. The van der Waals surface area contributed by atoms with Crippen LogP contribution in [0.3, 0.4) is 0 Å². The molecule has 46 heavy (non-hydrogen) atoms. The topological polar surface area (TPSA) is 195 Å². The summed E-state index contributed by atoms with van der Waals surface area (Å²) in [6.07, 6.45) is 0.780. The second-order valence-electron chi connectivity index (χ2n) is 9.32. The second-order valence-corrected chi connectivity index (χ2v) is 9.32. The number of carbonyl (C=O) groups excluding carboxylic acids is 6. The van der Waals surface area contributed by atoms with E-state index in [1.54, 1.807) is 119 Å². The van der Waals surface area contributed by atoms with Crippen LogP contribution in [0, 0.1) is 17.8 Å². The van der Waals surface area contributed by atoms with Gasteiger partial charge in [-0.05, 0) is 19.3 Å². The van der Waals surface area contributed by atoms with Crippen molar-refractivity contribution in [2.45, 2.75) is 47.0 Å². The van der Waals surface area contributed by atoms with Crippen LogP contribution in [0.2, 0.25) is 0 Å². The first-order chi connectivity index (χ1) is 21.4. The summed E-state index contributed by atoms with van der Waals surface area (Å²) in [5, 5.41) is 40.8. The van der Waals surface area contributed by atoms with Crippen LogP contribution < -0.4 is 20.4 Å². The molecular weight excluding hydrogens is 672 g/mol. The number of Topliss-reactive ketones (excluding diaryl/α,β-unsaturated/α-hetero) is 3. The molecule has 10 nitrogen and oxygen atoms in total. The minimum Gasteiger partial charge on any atom is -0.855 e. The van der Waals surface area contributed by atoms with Gasteiger partial charge in [0, 0.05) is 16.7 Å². The van der Waals surface area contributed by atoms with Gasteiger partial charge in [-0.1, -0.05) is 119 Å². The zero-order chi connectivity index (χ0) is 34.4. The Bertz CT molecular complexity index is 1180. The van der Waals surface area contributed by atoms with E-state index < -0.39 is 35.7 Å². The van der Waals surface area contributed by atoms with Crippen molar-refractivity contribution in [1.82, 2.24) is 0 Å². The standard InChI is InChI=1S/3C11H12O3.C2H5O.Zr/c3*1-2-9(11(13)14)10(12)8-6-4-3-5-7-8;1-2-3;/h3*3-7,9H,2H2,1H3,(H,13,14);2H2,1H3;/q;;;-1;+4/p-3. The largest absolute Gasteiger partial charge is 4.00 e.